The number of aryl methyl sites for hydroxylation is 1. The molecular weight excluding hydrogens is 192 g/mol. The number of hydrogen-bond acceptors (Lipinski definition) is 5. The van der Waals surface area contributed by atoms with Gasteiger partial charge in [-0.15, -0.1) is 5.10 Å². The molecule has 1 saturated heterocycles. The first kappa shape index (κ1) is 10.3. The molecule has 82 valence electrons. The minimum atomic E-state index is 0.202. The number of nitrogens with zero attached hydrogens (tertiary/aromatic N) is 2. The van der Waals surface area contributed by atoms with Gasteiger partial charge in [-0.2, -0.15) is 5.10 Å². The molecule has 1 fully saturated rings. The summed E-state index contributed by atoms with van der Waals surface area (Å²) in [6.07, 6.45) is 0.202. The number of aromatic nitrogens is 2. The van der Waals surface area contributed by atoms with Crippen LogP contribution in [0.1, 0.15) is 5.69 Å². The third-order valence-electron chi connectivity index (χ3n) is 2.59. The molecule has 0 saturated carbocycles. The van der Waals surface area contributed by atoms with Crippen LogP contribution in [0.15, 0.2) is 12.1 Å². The Morgan fingerprint density at radius 1 is 1.40 bits per heavy atom. The van der Waals surface area contributed by atoms with Gasteiger partial charge in [0.25, 0.3) is 0 Å². The van der Waals surface area contributed by atoms with Gasteiger partial charge in [-0.25, -0.2) is 0 Å². The summed E-state index contributed by atoms with van der Waals surface area (Å²) >= 11 is 0. The number of methoxy groups -OCH3 is 1. The lowest BCUT2D eigenvalue weighted by Gasteiger charge is -2.18. The van der Waals surface area contributed by atoms with Crippen molar-refractivity contribution in [3.05, 3.63) is 17.8 Å². The maximum atomic E-state index is 5.35. The summed E-state index contributed by atoms with van der Waals surface area (Å²) in [7, 11) is 1.73. The van der Waals surface area contributed by atoms with E-state index in [1.165, 1.54) is 0 Å². The van der Waals surface area contributed by atoms with Crippen molar-refractivity contribution in [3.63, 3.8) is 0 Å². The topological polar surface area (TPSA) is 59.1 Å². The first-order valence-electron chi connectivity index (χ1n) is 5.10. The molecule has 5 nitrogen and oxygen atoms in total. The molecule has 1 aromatic heterocycles. The lowest BCUT2D eigenvalue weighted by Crippen LogP contribution is -2.33. The Kier molecular flexibility index (Phi) is 3.13. The third kappa shape index (κ3) is 2.43. The third-order valence-corrected chi connectivity index (χ3v) is 2.59. The highest BCUT2D eigenvalue weighted by atomic mass is 16.5. The summed E-state index contributed by atoms with van der Waals surface area (Å²) < 4.78 is 5.35. The predicted octanol–water partition coefficient (Wildman–Crippen LogP) is 0.184. The Morgan fingerprint density at radius 3 is 2.93 bits per heavy atom. The molecule has 15 heavy (non-hydrogen) atoms. The lowest BCUT2D eigenvalue weighted by atomic mass is 10.2. The second kappa shape index (κ2) is 4.55. The number of ether oxygens (including phenoxy) is 1. The highest BCUT2D eigenvalue weighted by Crippen LogP contribution is 2.10. The summed E-state index contributed by atoms with van der Waals surface area (Å²) in [4.78, 5) is 0. The maximum Gasteiger partial charge on any atom is 0.149 e. The van der Waals surface area contributed by atoms with Crippen LogP contribution in [0.4, 0.5) is 5.82 Å². The van der Waals surface area contributed by atoms with E-state index in [0.29, 0.717) is 0 Å². The number of rotatable bonds is 3. The molecule has 0 aliphatic carbocycles. The highest BCUT2D eigenvalue weighted by molar-refractivity contribution is 5.35. The van der Waals surface area contributed by atoms with Crippen LogP contribution in [0.3, 0.4) is 0 Å². The molecule has 0 aromatic carbocycles. The van der Waals surface area contributed by atoms with E-state index in [4.69, 9.17) is 4.74 Å². The Morgan fingerprint density at radius 2 is 2.27 bits per heavy atom. The standard InChI is InChI=1S/C10H16N4O/c1-7-3-4-10(14-13-7)12-8-5-11-6-9(8)15-2/h3-4,8-9,11H,5-6H2,1-2H3,(H,12,14). The van der Waals surface area contributed by atoms with E-state index in [-0.39, 0.29) is 12.1 Å². The highest BCUT2D eigenvalue weighted by Gasteiger charge is 2.26. The van der Waals surface area contributed by atoms with Crippen LogP contribution >= 0.6 is 0 Å². The van der Waals surface area contributed by atoms with Crippen molar-refractivity contribution in [2.24, 2.45) is 0 Å². The molecule has 5 heteroatoms. The fourth-order valence-corrected chi connectivity index (χ4v) is 1.71. The molecule has 0 bridgehead atoms. The zero-order valence-corrected chi connectivity index (χ0v) is 9.03. The van der Waals surface area contributed by atoms with E-state index in [0.717, 1.165) is 24.6 Å². The largest absolute Gasteiger partial charge is 0.378 e. The summed E-state index contributed by atoms with van der Waals surface area (Å²) in [6, 6.07) is 4.15. The molecule has 2 N–H and O–H groups in total. The molecule has 2 rings (SSSR count). The maximum absolute atomic E-state index is 5.35. The van der Waals surface area contributed by atoms with Crippen molar-refractivity contribution in [1.82, 2.24) is 15.5 Å². The molecule has 0 spiro atoms. The van der Waals surface area contributed by atoms with Crippen LogP contribution in [-0.2, 0) is 4.74 Å². The summed E-state index contributed by atoms with van der Waals surface area (Å²) in [5.41, 5.74) is 0.924. The lowest BCUT2D eigenvalue weighted by molar-refractivity contribution is 0.111. The molecule has 2 heterocycles. The van der Waals surface area contributed by atoms with Crippen LogP contribution in [0, 0.1) is 6.92 Å². The van der Waals surface area contributed by atoms with Gasteiger partial charge in [0.05, 0.1) is 17.8 Å². The van der Waals surface area contributed by atoms with Gasteiger partial charge in [0.15, 0.2) is 0 Å². The first-order chi connectivity index (χ1) is 7.29. The molecule has 2 unspecified atom stereocenters. The minimum Gasteiger partial charge on any atom is -0.378 e. The van der Waals surface area contributed by atoms with E-state index in [2.05, 4.69) is 20.8 Å². The van der Waals surface area contributed by atoms with Gasteiger partial charge in [-0.05, 0) is 19.1 Å². The average Bonchev–Trinajstić information content (AvgIpc) is 2.69. The number of nitrogens with one attached hydrogen (secondary N) is 2. The Bertz CT molecular complexity index is 314. The Labute approximate surface area is 89.2 Å². The quantitative estimate of drug-likeness (QED) is 0.742. The van der Waals surface area contributed by atoms with Crippen LogP contribution in [0.25, 0.3) is 0 Å². The number of hydrogen-bond donors (Lipinski definition) is 2. The second-order valence-corrected chi connectivity index (χ2v) is 3.74. The van der Waals surface area contributed by atoms with Gasteiger partial charge in [0.2, 0.25) is 0 Å². The summed E-state index contributed by atoms with van der Waals surface area (Å²) in [5.74, 6) is 0.802. The van der Waals surface area contributed by atoms with Crippen LogP contribution in [0.2, 0.25) is 0 Å². The molecule has 0 amide bonds. The molecule has 1 aliphatic heterocycles. The minimum absolute atomic E-state index is 0.202. The average molecular weight is 208 g/mol. The first-order valence-corrected chi connectivity index (χ1v) is 5.10. The normalized spacial score (nSPS) is 25.5. The molecule has 2 atom stereocenters. The summed E-state index contributed by atoms with van der Waals surface area (Å²) in [5, 5.41) is 14.6. The molecular formula is C10H16N4O. The smallest absolute Gasteiger partial charge is 0.149 e. The van der Waals surface area contributed by atoms with E-state index >= 15 is 0 Å². The van der Waals surface area contributed by atoms with Gasteiger partial charge < -0.3 is 15.4 Å². The SMILES string of the molecule is COC1CNCC1Nc1ccc(C)nn1. The molecule has 1 aliphatic rings. The van der Waals surface area contributed by atoms with Crippen molar-refractivity contribution >= 4 is 5.82 Å². The van der Waals surface area contributed by atoms with Crippen molar-refractivity contribution in [2.45, 2.75) is 19.1 Å². The van der Waals surface area contributed by atoms with Gasteiger partial charge in [0.1, 0.15) is 5.82 Å². The van der Waals surface area contributed by atoms with Gasteiger partial charge in [-0.3, -0.25) is 0 Å². The van der Waals surface area contributed by atoms with Crippen molar-refractivity contribution in [2.75, 3.05) is 25.5 Å². The van der Waals surface area contributed by atoms with Gasteiger partial charge in [-0.1, -0.05) is 0 Å². The van der Waals surface area contributed by atoms with Gasteiger partial charge in [0, 0.05) is 20.2 Å². The van der Waals surface area contributed by atoms with Crippen LogP contribution < -0.4 is 10.6 Å². The fourth-order valence-electron chi connectivity index (χ4n) is 1.71. The predicted molar refractivity (Wildman–Crippen MR) is 57.8 cm³/mol. The number of anilines is 1. The fraction of sp³-hybridized carbons (Fsp3) is 0.600. The van der Waals surface area contributed by atoms with Gasteiger partial charge >= 0.3 is 0 Å². The van der Waals surface area contributed by atoms with E-state index in [1.807, 2.05) is 19.1 Å². The molecule has 1 aromatic rings. The second-order valence-electron chi connectivity index (χ2n) is 3.74. The van der Waals surface area contributed by atoms with E-state index < -0.39 is 0 Å². The summed E-state index contributed by atoms with van der Waals surface area (Å²) in [6.45, 7) is 3.70. The Balaban J connectivity index is 1.99. The zero-order valence-electron chi connectivity index (χ0n) is 9.03. The van der Waals surface area contributed by atoms with Crippen molar-refractivity contribution in [3.8, 4) is 0 Å². The van der Waals surface area contributed by atoms with Crippen LogP contribution in [-0.4, -0.2) is 42.5 Å². The zero-order chi connectivity index (χ0) is 10.7. The van der Waals surface area contributed by atoms with Crippen molar-refractivity contribution < 1.29 is 4.74 Å². The molecule has 0 radical (unpaired) electrons. The van der Waals surface area contributed by atoms with E-state index in [9.17, 15) is 0 Å². The van der Waals surface area contributed by atoms with Crippen molar-refractivity contribution in [1.29, 1.82) is 0 Å². The Hall–Kier alpha value is -1.20. The van der Waals surface area contributed by atoms with E-state index in [1.54, 1.807) is 7.11 Å². The monoisotopic (exact) mass is 208 g/mol. The van der Waals surface area contributed by atoms with Crippen LogP contribution in [0.5, 0.6) is 0 Å².